The van der Waals surface area contributed by atoms with Crippen molar-refractivity contribution in [3.8, 4) is 11.4 Å². The lowest BCUT2D eigenvalue weighted by molar-refractivity contribution is -0.116. The number of Topliss-reactive ketones (excluding diaryl/α,β-unsaturated/α-hetero) is 1. The second-order valence-corrected chi connectivity index (χ2v) is 7.68. The highest BCUT2D eigenvalue weighted by atomic mass is 35.5. The molecule has 4 nitrogen and oxygen atoms in total. The van der Waals surface area contributed by atoms with E-state index in [0.29, 0.717) is 11.1 Å². The number of thioether (sulfide) groups is 1. The Kier molecular flexibility index (Phi) is 5.07. The molecule has 0 radical (unpaired) electrons. The summed E-state index contributed by atoms with van der Waals surface area (Å²) >= 11 is 7.84. The van der Waals surface area contributed by atoms with Crippen LogP contribution in [0.15, 0.2) is 29.4 Å². The van der Waals surface area contributed by atoms with Gasteiger partial charge in [-0.15, -0.1) is 10.2 Å². The summed E-state index contributed by atoms with van der Waals surface area (Å²) in [5, 5.41) is 10.1. The summed E-state index contributed by atoms with van der Waals surface area (Å²) in [5.41, 5.74) is 0.899. The molecule has 0 aliphatic heterocycles. The topological polar surface area (TPSA) is 47.8 Å². The molecule has 1 aromatic heterocycles. The minimum Gasteiger partial charge on any atom is -0.299 e. The molecule has 0 bridgehead atoms. The van der Waals surface area contributed by atoms with Crippen LogP contribution in [-0.2, 0) is 4.79 Å². The number of carbonyl (C=O) groups is 1. The minimum absolute atomic E-state index is 0.126. The maximum atomic E-state index is 11.6. The van der Waals surface area contributed by atoms with Crippen molar-refractivity contribution in [2.24, 2.45) is 0 Å². The van der Waals surface area contributed by atoms with E-state index in [2.05, 4.69) is 14.8 Å². The molecule has 1 fully saturated rings. The summed E-state index contributed by atoms with van der Waals surface area (Å²) < 4.78 is 2.19. The van der Waals surface area contributed by atoms with Crippen molar-refractivity contribution in [1.82, 2.24) is 14.8 Å². The third-order valence-electron chi connectivity index (χ3n) is 4.32. The van der Waals surface area contributed by atoms with Crippen molar-refractivity contribution in [2.75, 3.05) is 0 Å². The number of hydrogen-bond acceptors (Lipinski definition) is 4. The highest BCUT2D eigenvalue weighted by Gasteiger charge is 2.27. The molecule has 6 heteroatoms. The van der Waals surface area contributed by atoms with Gasteiger partial charge >= 0.3 is 0 Å². The standard InChI is InChI=1S/C17H20ClN3OS/c1-11(22)12(2)23-17-20-19-16(14-9-5-6-10-15(14)18)21(17)13-7-3-4-8-13/h5-6,9-10,12-13H,3-4,7-8H2,1-2H3. The third-order valence-corrected chi connectivity index (χ3v) is 5.83. The van der Waals surface area contributed by atoms with Gasteiger partial charge in [-0.25, -0.2) is 0 Å². The molecule has 122 valence electrons. The summed E-state index contributed by atoms with van der Waals surface area (Å²) in [6, 6.07) is 8.10. The average molecular weight is 350 g/mol. The maximum absolute atomic E-state index is 11.6. The minimum atomic E-state index is -0.126. The van der Waals surface area contributed by atoms with Crippen LogP contribution < -0.4 is 0 Å². The Labute approximate surface area is 145 Å². The molecule has 0 amide bonds. The molecule has 0 saturated heterocycles. The summed E-state index contributed by atoms with van der Waals surface area (Å²) in [5.74, 6) is 0.955. The van der Waals surface area contributed by atoms with E-state index in [1.165, 1.54) is 24.6 Å². The third kappa shape index (κ3) is 3.45. The lowest BCUT2D eigenvalue weighted by Crippen LogP contribution is -2.13. The van der Waals surface area contributed by atoms with E-state index >= 15 is 0 Å². The van der Waals surface area contributed by atoms with Gasteiger partial charge in [0.05, 0.1) is 10.3 Å². The van der Waals surface area contributed by atoms with E-state index in [9.17, 15) is 4.79 Å². The number of hydrogen-bond donors (Lipinski definition) is 0. The zero-order valence-corrected chi connectivity index (χ0v) is 14.9. The quantitative estimate of drug-likeness (QED) is 0.728. The Balaban J connectivity index is 2.04. The molecule has 1 heterocycles. The Morgan fingerprint density at radius 2 is 2.00 bits per heavy atom. The van der Waals surface area contributed by atoms with Crippen LogP contribution in [0.1, 0.15) is 45.6 Å². The predicted octanol–water partition coefficient (Wildman–Crippen LogP) is 4.78. The molecule has 0 spiro atoms. The fourth-order valence-corrected chi connectivity index (χ4v) is 4.06. The molecule has 3 rings (SSSR count). The zero-order valence-electron chi connectivity index (χ0n) is 13.3. The summed E-state index contributed by atoms with van der Waals surface area (Å²) in [6.45, 7) is 3.53. The van der Waals surface area contributed by atoms with Gasteiger partial charge < -0.3 is 0 Å². The molecule has 1 saturated carbocycles. The van der Waals surface area contributed by atoms with Crippen LogP contribution in [0.25, 0.3) is 11.4 Å². The Morgan fingerprint density at radius 3 is 2.65 bits per heavy atom. The average Bonchev–Trinajstić information content (AvgIpc) is 3.16. The first-order valence-electron chi connectivity index (χ1n) is 7.95. The van der Waals surface area contributed by atoms with Gasteiger partial charge in [-0.2, -0.15) is 0 Å². The zero-order chi connectivity index (χ0) is 16.4. The van der Waals surface area contributed by atoms with Crippen LogP contribution >= 0.6 is 23.4 Å². The van der Waals surface area contributed by atoms with Crippen molar-refractivity contribution >= 4 is 29.1 Å². The molecule has 1 aliphatic carbocycles. The van der Waals surface area contributed by atoms with Gasteiger partial charge in [-0.3, -0.25) is 9.36 Å². The van der Waals surface area contributed by atoms with Gasteiger partial charge in [-0.05, 0) is 38.8 Å². The largest absolute Gasteiger partial charge is 0.299 e. The fourth-order valence-electron chi connectivity index (χ4n) is 2.92. The summed E-state index contributed by atoms with van der Waals surface area (Å²) in [6.07, 6.45) is 4.68. The highest BCUT2D eigenvalue weighted by molar-refractivity contribution is 8.00. The smallest absolute Gasteiger partial charge is 0.192 e. The van der Waals surface area contributed by atoms with E-state index in [1.807, 2.05) is 31.2 Å². The van der Waals surface area contributed by atoms with E-state index in [4.69, 9.17) is 11.6 Å². The lowest BCUT2D eigenvalue weighted by Gasteiger charge is -2.18. The second-order valence-electron chi connectivity index (χ2n) is 5.97. The van der Waals surface area contributed by atoms with Crippen LogP contribution in [0, 0.1) is 0 Å². The second kappa shape index (κ2) is 7.05. The molecule has 23 heavy (non-hydrogen) atoms. The van der Waals surface area contributed by atoms with Gasteiger partial charge in [0, 0.05) is 11.6 Å². The number of ketones is 1. The summed E-state index contributed by atoms with van der Waals surface area (Å²) in [4.78, 5) is 11.6. The molecule has 1 aliphatic rings. The normalized spacial score (nSPS) is 16.7. The number of halogens is 1. The van der Waals surface area contributed by atoms with Crippen molar-refractivity contribution in [1.29, 1.82) is 0 Å². The van der Waals surface area contributed by atoms with Crippen molar-refractivity contribution in [3.63, 3.8) is 0 Å². The molecule has 2 aromatic rings. The monoisotopic (exact) mass is 349 g/mol. The summed E-state index contributed by atoms with van der Waals surface area (Å²) in [7, 11) is 0. The van der Waals surface area contributed by atoms with Gasteiger partial charge in [0.15, 0.2) is 11.0 Å². The number of carbonyl (C=O) groups excluding carboxylic acids is 1. The van der Waals surface area contributed by atoms with Gasteiger partial charge in [0.2, 0.25) is 0 Å². The molecule has 1 atom stereocenters. The van der Waals surface area contributed by atoms with Gasteiger partial charge in [0.25, 0.3) is 0 Å². The van der Waals surface area contributed by atoms with Crippen LogP contribution in [-0.4, -0.2) is 25.8 Å². The predicted molar refractivity (Wildman–Crippen MR) is 94.0 cm³/mol. The van der Waals surface area contributed by atoms with Gasteiger partial charge in [0.1, 0.15) is 5.78 Å². The molecule has 1 unspecified atom stereocenters. The van der Waals surface area contributed by atoms with Crippen LogP contribution in [0.4, 0.5) is 0 Å². The first kappa shape index (κ1) is 16.5. The van der Waals surface area contributed by atoms with E-state index in [-0.39, 0.29) is 11.0 Å². The van der Waals surface area contributed by atoms with Crippen molar-refractivity contribution in [2.45, 2.75) is 56.0 Å². The number of aromatic nitrogens is 3. The maximum Gasteiger partial charge on any atom is 0.192 e. The molecule has 0 N–H and O–H groups in total. The van der Waals surface area contributed by atoms with Crippen LogP contribution in [0.2, 0.25) is 5.02 Å². The van der Waals surface area contributed by atoms with E-state index in [0.717, 1.165) is 29.4 Å². The molecular weight excluding hydrogens is 330 g/mol. The number of benzene rings is 1. The lowest BCUT2D eigenvalue weighted by atomic mass is 10.2. The first-order chi connectivity index (χ1) is 11.1. The van der Waals surface area contributed by atoms with Crippen molar-refractivity contribution < 1.29 is 4.79 Å². The number of nitrogens with zero attached hydrogens (tertiary/aromatic N) is 3. The van der Waals surface area contributed by atoms with Crippen LogP contribution in [0.5, 0.6) is 0 Å². The Hall–Kier alpha value is -1.33. The highest BCUT2D eigenvalue weighted by Crippen LogP contribution is 2.38. The van der Waals surface area contributed by atoms with E-state index < -0.39 is 0 Å². The SMILES string of the molecule is CC(=O)C(C)Sc1nnc(-c2ccccc2Cl)n1C1CCCC1. The van der Waals surface area contributed by atoms with Gasteiger partial charge in [-0.1, -0.05) is 48.3 Å². The molecular formula is C17H20ClN3OS. The Morgan fingerprint density at radius 1 is 1.30 bits per heavy atom. The first-order valence-corrected chi connectivity index (χ1v) is 9.20. The van der Waals surface area contributed by atoms with E-state index in [1.54, 1.807) is 6.92 Å². The van der Waals surface area contributed by atoms with Crippen LogP contribution in [0.3, 0.4) is 0 Å². The number of rotatable bonds is 5. The Bertz CT molecular complexity index is 710. The fraction of sp³-hybridized carbons (Fsp3) is 0.471. The molecule has 1 aromatic carbocycles. The van der Waals surface area contributed by atoms with Crippen molar-refractivity contribution in [3.05, 3.63) is 29.3 Å².